The molecule has 3 aromatic heterocycles. The molecule has 34 heavy (non-hydrogen) atoms. The van der Waals surface area contributed by atoms with Gasteiger partial charge in [0, 0.05) is 36.6 Å². The van der Waals surface area contributed by atoms with Crippen molar-refractivity contribution in [1.29, 1.82) is 0 Å². The average Bonchev–Trinajstić information content (AvgIpc) is 3.45. The SMILES string of the molecule is CNc1ccc(C(=O)N2CCc3cc(-c4nc5c([nH]4)CCC=C5)sc3-c3ncc(F)cc32)cc1. The molecule has 0 saturated carbocycles. The van der Waals surface area contributed by atoms with Gasteiger partial charge >= 0.3 is 0 Å². The third kappa shape index (κ3) is 3.51. The molecular formula is C26H22FN5OS. The van der Waals surface area contributed by atoms with Crippen molar-refractivity contribution in [1.82, 2.24) is 15.0 Å². The molecule has 0 saturated heterocycles. The van der Waals surface area contributed by atoms with Crippen molar-refractivity contribution in [3.8, 4) is 21.3 Å². The zero-order valence-electron chi connectivity index (χ0n) is 18.6. The molecular weight excluding hydrogens is 449 g/mol. The number of benzene rings is 1. The number of hydrogen-bond donors (Lipinski definition) is 2. The molecule has 2 aliphatic rings. The quantitative estimate of drug-likeness (QED) is 0.411. The standard InChI is InChI=1S/C26H22FN5OS/c1-28-18-8-6-15(7-9-18)26(33)32-11-10-16-12-22(25-30-19-4-2-3-5-20(19)31-25)34-24(16)23-21(32)13-17(27)14-29-23/h2,4,6-9,12-14,28H,3,5,10-11H2,1H3,(H,30,31). The molecule has 0 bridgehead atoms. The van der Waals surface area contributed by atoms with Gasteiger partial charge in [-0.25, -0.2) is 9.37 Å². The number of halogens is 1. The Bertz CT molecular complexity index is 1440. The fourth-order valence-electron chi connectivity index (χ4n) is 4.53. The first kappa shape index (κ1) is 20.8. The predicted octanol–water partition coefficient (Wildman–Crippen LogP) is 5.54. The van der Waals surface area contributed by atoms with Crippen LogP contribution in [0, 0.1) is 5.82 Å². The Hall–Kier alpha value is -3.78. The number of nitrogens with one attached hydrogen (secondary N) is 2. The summed E-state index contributed by atoms with van der Waals surface area (Å²) < 4.78 is 14.3. The zero-order valence-corrected chi connectivity index (χ0v) is 19.4. The maximum absolute atomic E-state index is 14.3. The minimum atomic E-state index is -0.465. The third-order valence-corrected chi connectivity index (χ3v) is 7.49. The summed E-state index contributed by atoms with van der Waals surface area (Å²) in [6, 6.07) is 10.8. The summed E-state index contributed by atoms with van der Waals surface area (Å²) in [5, 5.41) is 3.05. The van der Waals surface area contributed by atoms with E-state index in [2.05, 4.69) is 33.5 Å². The molecule has 4 aromatic rings. The summed E-state index contributed by atoms with van der Waals surface area (Å²) >= 11 is 1.58. The van der Waals surface area contributed by atoms with Crippen LogP contribution in [0.2, 0.25) is 0 Å². The highest BCUT2D eigenvalue weighted by Crippen LogP contribution is 2.43. The zero-order chi connectivity index (χ0) is 23.2. The number of anilines is 2. The first-order chi connectivity index (χ1) is 16.6. The van der Waals surface area contributed by atoms with Gasteiger partial charge in [-0.15, -0.1) is 11.3 Å². The van der Waals surface area contributed by atoms with E-state index >= 15 is 0 Å². The molecule has 0 fully saturated rings. The van der Waals surface area contributed by atoms with Crippen molar-refractivity contribution in [3.63, 3.8) is 0 Å². The van der Waals surface area contributed by atoms with Crippen LogP contribution in [0.1, 0.15) is 33.7 Å². The van der Waals surface area contributed by atoms with Crippen molar-refractivity contribution < 1.29 is 9.18 Å². The van der Waals surface area contributed by atoms with Crippen molar-refractivity contribution >= 4 is 34.7 Å². The summed E-state index contributed by atoms with van der Waals surface area (Å²) in [6.45, 7) is 0.436. The van der Waals surface area contributed by atoms with Crippen molar-refractivity contribution in [3.05, 3.63) is 77.0 Å². The van der Waals surface area contributed by atoms with Crippen LogP contribution in [0.5, 0.6) is 0 Å². The summed E-state index contributed by atoms with van der Waals surface area (Å²) in [5.41, 5.74) is 5.83. The average molecular weight is 472 g/mol. The van der Waals surface area contributed by atoms with Crippen LogP contribution in [-0.2, 0) is 12.8 Å². The summed E-state index contributed by atoms with van der Waals surface area (Å²) in [4.78, 5) is 29.7. The number of aromatic amines is 1. The first-order valence-electron chi connectivity index (χ1n) is 11.2. The van der Waals surface area contributed by atoms with E-state index < -0.39 is 5.82 Å². The Balaban J connectivity index is 1.40. The number of amides is 1. The largest absolute Gasteiger partial charge is 0.388 e. The van der Waals surface area contributed by atoms with Crippen LogP contribution >= 0.6 is 11.3 Å². The molecule has 6 nitrogen and oxygen atoms in total. The van der Waals surface area contributed by atoms with Gasteiger partial charge in [0.1, 0.15) is 17.3 Å². The summed E-state index contributed by atoms with van der Waals surface area (Å²) in [7, 11) is 1.83. The number of hydrogen-bond acceptors (Lipinski definition) is 5. The highest BCUT2D eigenvalue weighted by Gasteiger charge is 2.29. The van der Waals surface area contributed by atoms with Crippen LogP contribution in [0.4, 0.5) is 15.8 Å². The van der Waals surface area contributed by atoms with Crippen LogP contribution in [-0.4, -0.2) is 34.5 Å². The van der Waals surface area contributed by atoms with Gasteiger partial charge in [0.05, 0.1) is 27.3 Å². The molecule has 1 aliphatic carbocycles. The highest BCUT2D eigenvalue weighted by atomic mass is 32.1. The topological polar surface area (TPSA) is 73.9 Å². The fraction of sp³-hybridized carbons (Fsp3) is 0.192. The smallest absolute Gasteiger partial charge is 0.258 e. The lowest BCUT2D eigenvalue weighted by atomic mass is 10.1. The molecule has 0 unspecified atom stereocenters. The van der Waals surface area contributed by atoms with E-state index in [1.54, 1.807) is 28.4 Å². The van der Waals surface area contributed by atoms with Gasteiger partial charge < -0.3 is 15.2 Å². The van der Waals surface area contributed by atoms with E-state index in [-0.39, 0.29) is 5.91 Å². The molecule has 1 aliphatic heterocycles. The van der Waals surface area contributed by atoms with Gasteiger partial charge in [-0.3, -0.25) is 9.78 Å². The van der Waals surface area contributed by atoms with E-state index in [9.17, 15) is 9.18 Å². The molecule has 6 rings (SSSR count). The Morgan fingerprint density at radius 1 is 1.21 bits per heavy atom. The number of nitrogens with zero attached hydrogens (tertiary/aromatic N) is 3. The van der Waals surface area contributed by atoms with Gasteiger partial charge in [0.15, 0.2) is 0 Å². The second-order valence-corrected chi connectivity index (χ2v) is 9.46. The number of thiophene rings is 1. The lowest BCUT2D eigenvalue weighted by Gasteiger charge is -2.22. The molecule has 0 atom stereocenters. The van der Waals surface area contributed by atoms with Crippen molar-refractivity contribution in [2.45, 2.75) is 19.3 Å². The van der Waals surface area contributed by atoms with Crippen LogP contribution in [0.25, 0.3) is 27.3 Å². The molecule has 170 valence electrons. The monoisotopic (exact) mass is 471 g/mol. The van der Waals surface area contributed by atoms with Gasteiger partial charge in [-0.05, 0) is 61.2 Å². The number of imidazole rings is 1. The first-order valence-corrected chi connectivity index (χ1v) is 12.1. The molecule has 2 N–H and O–H groups in total. The number of fused-ring (bicyclic) bond motifs is 4. The van der Waals surface area contributed by atoms with E-state index in [0.717, 1.165) is 51.1 Å². The number of carbonyl (C=O) groups excluding carboxylic acids is 1. The van der Waals surface area contributed by atoms with Crippen molar-refractivity contribution in [2.75, 3.05) is 23.8 Å². The summed E-state index contributed by atoms with van der Waals surface area (Å²) in [6.07, 6.45) is 8.03. The van der Waals surface area contributed by atoms with E-state index in [1.807, 2.05) is 19.2 Å². The van der Waals surface area contributed by atoms with Gasteiger partial charge in [-0.2, -0.15) is 0 Å². The van der Waals surface area contributed by atoms with E-state index in [4.69, 9.17) is 4.98 Å². The second-order valence-electron chi connectivity index (χ2n) is 8.41. The normalized spacial score (nSPS) is 14.2. The number of aryl methyl sites for hydroxylation is 1. The molecule has 0 spiro atoms. The molecule has 1 amide bonds. The number of carbonyl (C=O) groups is 1. The maximum Gasteiger partial charge on any atom is 0.258 e. The minimum Gasteiger partial charge on any atom is -0.388 e. The number of H-pyrrole nitrogens is 1. The molecule has 4 heterocycles. The highest BCUT2D eigenvalue weighted by molar-refractivity contribution is 7.19. The van der Waals surface area contributed by atoms with Crippen LogP contribution < -0.4 is 10.2 Å². The Kier molecular flexibility index (Phi) is 5.03. The predicted molar refractivity (Wildman–Crippen MR) is 134 cm³/mol. The van der Waals surface area contributed by atoms with Crippen molar-refractivity contribution in [2.24, 2.45) is 0 Å². The Labute approximate surface area is 200 Å². The van der Waals surface area contributed by atoms with Gasteiger partial charge in [0.2, 0.25) is 0 Å². The minimum absolute atomic E-state index is 0.169. The Morgan fingerprint density at radius 2 is 2.06 bits per heavy atom. The number of aromatic nitrogens is 3. The van der Waals surface area contributed by atoms with Crippen LogP contribution in [0.3, 0.4) is 0 Å². The second kappa shape index (κ2) is 8.22. The fourth-order valence-corrected chi connectivity index (χ4v) is 5.69. The lowest BCUT2D eigenvalue weighted by Crippen LogP contribution is -2.32. The van der Waals surface area contributed by atoms with Gasteiger partial charge in [0.25, 0.3) is 5.91 Å². The molecule has 0 radical (unpaired) electrons. The number of rotatable bonds is 3. The van der Waals surface area contributed by atoms with E-state index in [1.165, 1.54) is 12.3 Å². The molecule has 1 aromatic carbocycles. The van der Waals surface area contributed by atoms with Crippen LogP contribution in [0.15, 0.2) is 48.7 Å². The summed E-state index contributed by atoms with van der Waals surface area (Å²) in [5.74, 6) is 0.209. The lowest BCUT2D eigenvalue weighted by molar-refractivity contribution is 0.0987. The third-order valence-electron chi connectivity index (χ3n) is 6.30. The molecule has 8 heteroatoms. The van der Waals surface area contributed by atoms with E-state index in [0.29, 0.717) is 29.9 Å². The number of allylic oxidation sites excluding steroid dienone is 1. The number of pyridine rings is 1. The Morgan fingerprint density at radius 3 is 2.85 bits per heavy atom. The maximum atomic E-state index is 14.3. The van der Waals surface area contributed by atoms with Gasteiger partial charge in [-0.1, -0.05) is 6.08 Å².